The molecule has 1 amide bonds. The van der Waals surface area contributed by atoms with Crippen molar-refractivity contribution in [2.24, 2.45) is 5.73 Å². The minimum atomic E-state index is -1.17. The molecule has 176 valence electrons. The van der Waals surface area contributed by atoms with E-state index in [1.807, 2.05) is 48.5 Å². The van der Waals surface area contributed by atoms with Crippen LogP contribution in [0.5, 0.6) is 5.88 Å². The van der Waals surface area contributed by atoms with Crippen molar-refractivity contribution in [2.75, 3.05) is 12.0 Å². The molecule has 9 nitrogen and oxygen atoms in total. The summed E-state index contributed by atoms with van der Waals surface area (Å²) < 4.78 is 5.50. The van der Waals surface area contributed by atoms with Crippen molar-refractivity contribution >= 4 is 29.2 Å². The van der Waals surface area contributed by atoms with Crippen LogP contribution in [0, 0.1) is 0 Å². The molecule has 1 aromatic heterocycles. The molecule has 1 atom stereocenters. The summed E-state index contributed by atoms with van der Waals surface area (Å²) in [6, 6.07) is 14.7. The largest absolute Gasteiger partial charge is 0.481 e. The number of carbonyl (C=O) groups is 2. The molecule has 10 heteroatoms. The predicted molar refractivity (Wildman–Crippen MR) is 127 cm³/mol. The van der Waals surface area contributed by atoms with Gasteiger partial charge in [0.2, 0.25) is 11.8 Å². The highest BCUT2D eigenvalue weighted by Gasteiger charge is 2.28. The number of anilines is 1. The predicted octanol–water partition coefficient (Wildman–Crippen LogP) is 2.74. The molecule has 0 fully saturated rings. The van der Waals surface area contributed by atoms with Gasteiger partial charge >= 0.3 is 5.97 Å². The SMILES string of the molecule is COc1nc(CNC(CC(N)=O)C(=O)O)nc2c1CN(c1cccc(-c3ccccc3)c1Cl)C2. The number of nitrogens with zero attached hydrogens (tertiary/aromatic N) is 3. The minimum absolute atomic E-state index is 0.0398. The lowest BCUT2D eigenvalue weighted by molar-refractivity contribution is -0.141. The van der Waals surface area contributed by atoms with E-state index in [-0.39, 0.29) is 13.0 Å². The normalized spacial score (nSPS) is 13.4. The number of primary amides is 1. The molecule has 3 aromatic rings. The van der Waals surface area contributed by atoms with E-state index in [1.165, 1.54) is 7.11 Å². The Morgan fingerprint density at radius 1 is 1.18 bits per heavy atom. The van der Waals surface area contributed by atoms with Crippen LogP contribution in [0.15, 0.2) is 48.5 Å². The van der Waals surface area contributed by atoms with E-state index in [1.54, 1.807) is 0 Å². The Bertz CT molecular complexity index is 1220. The molecule has 0 aliphatic carbocycles. The first-order valence-corrected chi connectivity index (χ1v) is 11.0. The number of hydrogen-bond acceptors (Lipinski definition) is 7. The number of carbonyl (C=O) groups excluding carboxylic acids is 1. The summed E-state index contributed by atoms with van der Waals surface area (Å²) in [7, 11) is 1.53. The van der Waals surface area contributed by atoms with Gasteiger partial charge in [0.1, 0.15) is 11.9 Å². The van der Waals surface area contributed by atoms with E-state index < -0.39 is 17.9 Å². The summed E-state index contributed by atoms with van der Waals surface area (Å²) in [5, 5.41) is 12.7. The highest BCUT2D eigenvalue weighted by molar-refractivity contribution is 6.36. The van der Waals surface area contributed by atoms with E-state index in [4.69, 9.17) is 22.1 Å². The van der Waals surface area contributed by atoms with Crippen LogP contribution in [0.2, 0.25) is 5.02 Å². The zero-order valence-electron chi connectivity index (χ0n) is 18.5. The van der Waals surface area contributed by atoms with Gasteiger partial charge < -0.3 is 20.5 Å². The highest BCUT2D eigenvalue weighted by atomic mass is 35.5. The van der Waals surface area contributed by atoms with E-state index in [9.17, 15) is 14.7 Å². The Kier molecular flexibility index (Phi) is 6.95. The number of ether oxygens (including phenoxy) is 1. The first-order valence-electron chi connectivity index (χ1n) is 10.6. The second-order valence-electron chi connectivity index (χ2n) is 7.88. The fraction of sp³-hybridized carbons (Fsp3) is 0.250. The Morgan fingerprint density at radius 2 is 1.94 bits per heavy atom. The number of amides is 1. The summed E-state index contributed by atoms with van der Waals surface area (Å²) in [5.41, 5.74) is 9.59. The van der Waals surface area contributed by atoms with Crippen LogP contribution in [0.3, 0.4) is 0 Å². The summed E-state index contributed by atoms with van der Waals surface area (Å²) in [4.78, 5) is 33.7. The van der Waals surface area contributed by atoms with Gasteiger partial charge in [0, 0.05) is 5.56 Å². The molecule has 1 aliphatic heterocycles. The number of carboxylic acids is 1. The Hall–Kier alpha value is -3.69. The van der Waals surface area contributed by atoms with Crippen LogP contribution in [0.1, 0.15) is 23.5 Å². The number of fused-ring (bicyclic) bond motifs is 1. The van der Waals surface area contributed by atoms with Crippen LogP contribution >= 0.6 is 11.6 Å². The lowest BCUT2D eigenvalue weighted by Gasteiger charge is -2.20. The number of benzene rings is 2. The number of methoxy groups -OCH3 is 1. The summed E-state index contributed by atoms with van der Waals surface area (Å²) in [5.74, 6) is -1.11. The first-order chi connectivity index (χ1) is 16.4. The molecule has 2 aromatic carbocycles. The molecule has 2 heterocycles. The molecule has 4 rings (SSSR count). The first kappa shape index (κ1) is 23.5. The molecule has 1 unspecified atom stereocenters. The van der Waals surface area contributed by atoms with Gasteiger partial charge in [-0.3, -0.25) is 14.9 Å². The fourth-order valence-corrected chi connectivity index (χ4v) is 4.31. The number of halogens is 1. The van der Waals surface area contributed by atoms with Crippen molar-refractivity contribution in [1.29, 1.82) is 0 Å². The minimum Gasteiger partial charge on any atom is -0.481 e. The Morgan fingerprint density at radius 3 is 2.62 bits per heavy atom. The van der Waals surface area contributed by atoms with Gasteiger partial charge in [-0.05, 0) is 11.6 Å². The maximum absolute atomic E-state index is 11.4. The van der Waals surface area contributed by atoms with E-state index in [0.29, 0.717) is 29.8 Å². The monoisotopic (exact) mass is 481 g/mol. The molecule has 0 saturated heterocycles. The molecule has 4 N–H and O–H groups in total. The maximum Gasteiger partial charge on any atom is 0.321 e. The molecule has 34 heavy (non-hydrogen) atoms. The van der Waals surface area contributed by atoms with Crippen molar-refractivity contribution in [3.8, 4) is 17.0 Å². The molecular formula is C24H24ClN5O4. The third-order valence-corrected chi connectivity index (χ3v) is 6.00. The van der Waals surface area contributed by atoms with Crippen LogP contribution in [0.25, 0.3) is 11.1 Å². The topological polar surface area (TPSA) is 131 Å². The second-order valence-corrected chi connectivity index (χ2v) is 8.26. The number of nitrogens with one attached hydrogen (secondary N) is 1. The van der Waals surface area contributed by atoms with E-state index in [2.05, 4.69) is 20.2 Å². The zero-order chi connectivity index (χ0) is 24.2. The Balaban J connectivity index is 1.57. The standard InChI is InChI=1S/C24H24ClN5O4/c1-34-23-16-12-30(19-9-5-8-15(22(19)25)14-6-3-2-4-7-14)13-18(16)28-21(29-23)11-27-17(24(32)33)10-20(26)31/h2-9,17,27H,10-13H2,1H3,(H2,26,31)(H,32,33). The van der Waals surface area contributed by atoms with Gasteiger partial charge in [0.15, 0.2) is 0 Å². The van der Waals surface area contributed by atoms with Gasteiger partial charge in [-0.1, -0.05) is 54.1 Å². The number of hydrogen-bond donors (Lipinski definition) is 3. The molecular weight excluding hydrogens is 458 g/mol. The summed E-state index contributed by atoms with van der Waals surface area (Å²) >= 11 is 6.81. The molecule has 0 radical (unpaired) electrons. The van der Waals surface area contributed by atoms with Crippen molar-refractivity contribution in [1.82, 2.24) is 15.3 Å². The molecule has 1 aliphatic rings. The summed E-state index contributed by atoms with van der Waals surface area (Å²) in [6.45, 7) is 1.05. The zero-order valence-corrected chi connectivity index (χ0v) is 19.2. The van der Waals surface area contributed by atoms with Gasteiger partial charge in [-0.25, -0.2) is 4.98 Å². The second kappa shape index (κ2) is 10.1. The van der Waals surface area contributed by atoms with E-state index in [0.717, 1.165) is 28.1 Å². The average Bonchev–Trinajstić information content (AvgIpc) is 3.25. The van der Waals surface area contributed by atoms with Gasteiger partial charge in [-0.15, -0.1) is 0 Å². The average molecular weight is 482 g/mol. The highest BCUT2D eigenvalue weighted by Crippen LogP contribution is 2.40. The Labute approximate surface area is 201 Å². The van der Waals surface area contributed by atoms with Crippen LogP contribution in [-0.2, 0) is 29.2 Å². The maximum atomic E-state index is 11.4. The quantitative estimate of drug-likeness (QED) is 0.425. The number of aliphatic carboxylic acids is 1. The van der Waals surface area contributed by atoms with Gasteiger partial charge in [0.05, 0.1) is 55.1 Å². The van der Waals surface area contributed by atoms with Crippen LogP contribution < -0.4 is 20.7 Å². The van der Waals surface area contributed by atoms with Crippen molar-refractivity contribution < 1.29 is 19.4 Å². The van der Waals surface area contributed by atoms with Gasteiger partial charge in [-0.2, -0.15) is 4.98 Å². The third-order valence-electron chi connectivity index (χ3n) is 5.60. The lowest BCUT2D eigenvalue weighted by atomic mass is 10.0. The van der Waals surface area contributed by atoms with Crippen LogP contribution in [-0.4, -0.2) is 40.1 Å². The number of aromatic nitrogens is 2. The number of carboxylic acid groups (broad SMARTS) is 1. The lowest BCUT2D eigenvalue weighted by Crippen LogP contribution is -2.39. The van der Waals surface area contributed by atoms with Crippen molar-refractivity contribution in [2.45, 2.75) is 32.1 Å². The van der Waals surface area contributed by atoms with Gasteiger partial charge in [0.25, 0.3) is 0 Å². The number of rotatable bonds is 9. The third kappa shape index (κ3) is 4.95. The van der Waals surface area contributed by atoms with Crippen LogP contribution in [0.4, 0.5) is 5.69 Å². The summed E-state index contributed by atoms with van der Waals surface area (Å²) in [6.07, 6.45) is -0.332. The van der Waals surface area contributed by atoms with E-state index >= 15 is 0 Å². The molecule has 0 saturated carbocycles. The molecule has 0 bridgehead atoms. The smallest absolute Gasteiger partial charge is 0.321 e. The van der Waals surface area contributed by atoms with Crippen molar-refractivity contribution in [3.05, 3.63) is 70.6 Å². The molecule has 0 spiro atoms. The van der Waals surface area contributed by atoms with Crippen molar-refractivity contribution in [3.63, 3.8) is 0 Å². The fourth-order valence-electron chi connectivity index (χ4n) is 3.96. The number of nitrogens with two attached hydrogens (primary N) is 1.